The van der Waals surface area contributed by atoms with Gasteiger partial charge in [-0.25, -0.2) is 0 Å². The molecule has 2 aromatic rings. The monoisotopic (exact) mass is 356 g/mol. The van der Waals surface area contributed by atoms with E-state index in [4.69, 9.17) is 11.6 Å². The maximum Gasteiger partial charge on any atom is 0.242 e. The number of fused-ring (bicyclic) bond motifs is 1. The van der Waals surface area contributed by atoms with Crippen LogP contribution in [0.2, 0.25) is 5.02 Å². The summed E-state index contributed by atoms with van der Waals surface area (Å²) in [6, 6.07) is 13.1. The summed E-state index contributed by atoms with van der Waals surface area (Å²) in [5.74, 6) is -0.540. The first-order valence-electron chi connectivity index (χ1n) is 8.28. The molecule has 0 fully saturated rings. The van der Waals surface area contributed by atoms with Crippen molar-refractivity contribution in [1.29, 1.82) is 0 Å². The lowest BCUT2D eigenvalue weighted by Crippen LogP contribution is -2.47. The van der Waals surface area contributed by atoms with Crippen LogP contribution in [0.15, 0.2) is 42.5 Å². The van der Waals surface area contributed by atoms with E-state index >= 15 is 0 Å². The molecular weight excluding hydrogens is 336 g/mol. The zero-order chi connectivity index (χ0) is 18.2. The molecule has 0 aromatic heterocycles. The summed E-state index contributed by atoms with van der Waals surface area (Å²) in [6.07, 6.45) is 0.813. The fourth-order valence-corrected chi connectivity index (χ4v) is 3.16. The van der Waals surface area contributed by atoms with E-state index in [2.05, 4.69) is 5.32 Å². The van der Waals surface area contributed by atoms with Gasteiger partial charge >= 0.3 is 0 Å². The van der Waals surface area contributed by atoms with E-state index in [1.807, 2.05) is 37.3 Å². The van der Waals surface area contributed by atoms with Crippen LogP contribution in [-0.4, -0.2) is 18.4 Å². The SMILES string of the molecule is Cc1ccc(Cl)cc1NC(=O)C(C)(C)C(=O)N1CCc2ccccc21. The minimum Gasteiger partial charge on any atom is -0.325 e. The summed E-state index contributed by atoms with van der Waals surface area (Å²) in [4.78, 5) is 27.6. The molecule has 0 spiro atoms. The minimum atomic E-state index is -1.19. The topological polar surface area (TPSA) is 49.4 Å². The summed E-state index contributed by atoms with van der Waals surface area (Å²) in [6.45, 7) is 5.81. The van der Waals surface area contributed by atoms with E-state index < -0.39 is 5.41 Å². The van der Waals surface area contributed by atoms with Gasteiger partial charge in [0.2, 0.25) is 11.8 Å². The third-order valence-electron chi connectivity index (χ3n) is 4.68. The van der Waals surface area contributed by atoms with Gasteiger partial charge in [0.15, 0.2) is 0 Å². The van der Waals surface area contributed by atoms with Crippen LogP contribution in [0, 0.1) is 12.3 Å². The number of anilines is 2. The molecule has 4 nitrogen and oxygen atoms in total. The Morgan fingerprint density at radius 3 is 2.64 bits per heavy atom. The van der Waals surface area contributed by atoms with Crippen LogP contribution in [0.1, 0.15) is 25.0 Å². The van der Waals surface area contributed by atoms with Crippen molar-refractivity contribution >= 4 is 34.8 Å². The molecular formula is C20H21ClN2O2. The zero-order valence-corrected chi connectivity index (χ0v) is 15.4. The molecule has 0 saturated heterocycles. The second kappa shape index (κ2) is 6.52. The number of carbonyl (C=O) groups excluding carboxylic acids is 2. The van der Waals surface area contributed by atoms with Crippen molar-refractivity contribution in [3.05, 3.63) is 58.6 Å². The Labute approximate surface area is 152 Å². The van der Waals surface area contributed by atoms with Crippen molar-refractivity contribution in [3.8, 4) is 0 Å². The molecule has 0 radical (unpaired) electrons. The van der Waals surface area contributed by atoms with Crippen LogP contribution < -0.4 is 10.2 Å². The lowest BCUT2D eigenvalue weighted by atomic mass is 9.90. The third-order valence-corrected chi connectivity index (χ3v) is 4.92. The predicted octanol–water partition coefficient (Wildman–Crippen LogP) is 4.20. The smallest absolute Gasteiger partial charge is 0.242 e. The first-order chi connectivity index (χ1) is 11.8. The second-order valence-corrected chi connectivity index (χ2v) is 7.31. The van der Waals surface area contributed by atoms with Crippen LogP contribution in [0.25, 0.3) is 0 Å². The van der Waals surface area contributed by atoms with E-state index in [9.17, 15) is 9.59 Å². The molecule has 5 heteroatoms. The van der Waals surface area contributed by atoms with Crippen molar-refractivity contribution in [3.63, 3.8) is 0 Å². The maximum absolute atomic E-state index is 13.1. The van der Waals surface area contributed by atoms with E-state index in [1.54, 1.807) is 30.9 Å². The van der Waals surface area contributed by atoms with Gasteiger partial charge in [0.1, 0.15) is 5.41 Å². The second-order valence-electron chi connectivity index (χ2n) is 6.87. The first kappa shape index (κ1) is 17.5. The summed E-state index contributed by atoms with van der Waals surface area (Å²) < 4.78 is 0. The zero-order valence-electron chi connectivity index (χ0n) is 14.6. The van der Waals surface area contributed by atoms with Crippen LogP contribution in [0.4, 0.5) is 11.4 Å². The summed E-state index contributed by atoms with van der Waals surface area (Å²) in [5, 5.41) is 3.39. The number of carbonyl (C=O) groups is 2. The van der Waals surface area contributed by atoms with Gasteiger partial charge in [-0.3, -0.25) is 9.59 Å². The molecule has 1 aliphatic rings. The number of rotatable bonds is 3. The van der Waals surface area contributed by atoms with Crippen molar-refractivity contribution in [2.45, 2.75) is 27.2 Å². The van der Waals surface area contributed by atoms with Crippen molar-refractivity contribution in [2.75, 3.05) is 16.8 Å². The number of halogens is 1. The number of nitrogens with zero attached hydrogens (tertiary/aromatic N) is 1. The Balaban J connectivity index is 1.82. The number of amides is 2. The summed E-state index contributed by atoms with van der Waals surface area (Å²) in [5.41, 5.74) is 2.37. The van der Waals surface area contributed by atoms with Crippen LogP contribution in [0.5, 0.6) is 0 Å². The van der Waals surface area contributed by atoms with Crippen molar-refractivity contribution in [1.82, 2.24) is 0 Å². The van der Waals surface area contributed by atoms with Gasteiger partial charge in [-0.2, -0.15) is 0 Å². The first-order valence-corrected chi connectivity index (χ1v) is 8.66. The highest BCUT2D eigenvalue weighted by atomic mass is 35.5. The van der Waals surface area contributed by atoms with E-state index in [1.165, 1.54) is 0 Å². The van der Waals surface area contributed by atoms with E-state index in [0.29, 0.717) is 17.3 Å². The molecule has 0 unspecified atom stereocenters. The molecule has 1 aliphatic heterocycles. The number of aryl methyl sites for hydroxylation is 1. The summed E-state index contributed by atoms with van der Waals surface area (Å²) >= 11 is 6.01. The van der Waals surface area contributed by atoms with Crippen LogP contribution in [-0.2, 0) is 16.0 Å². The van der Waals surface area contributed by atoms with E-state index in [-0.39, 0.29) is 11.8 Å². The van der Waals surface area contributed by atoms with Gasteiger partial charge in [0.25, 0.3) is 0 Å². The van der Waals surface area contributed by atoms with Gasteiger partial charge in [-0.05, 0) is 56.5 Å². The standard InChI is InChI=1S/C20H21ClN2O2/c1-13-8-9-15(21)12-16(13)22-18(24)20(2,3)19(25)23-11-10-14-6-4-5-7-17(14)23/h4-9,12H,10-11H2,1-3H3,(H,22,24). The van der Waals surface area contributed by atoms with Gasteiger partial charge in [-0.15, -0.1) is 0 Å². The Morgan fingerprint density at radius 1 is 1.16 bits per heavy atom. The average Bonchev–Trinajstić information content (AvgIpc) is 3.01. The molecule has 0 bridgehead atoms. The Kier molecular flexibility index (Phi) is 4.56. The molecule has 25 heavy (non-hydrogen) atoms. The molecule has 0 aliphatic carbocycles. The molecule has 0 saturated carbocycles. The fraction of sp³-hybridized carbons (Fsp3) is 0.300. The third kappa shape index (κ3) is 3.27. The van der Waals surface area contributed by atoms with E-state index in [0.717, 1.165) is 23.2 Å². The number of benzene rings is 2. The molecule has 1 N–H and O–H groups in total. The lowest BCUT2D eigenvalue weighted by Gasteiger charge is -2.29. The molecule has 2 aromatic carbocycles. The highest BCUT2D eigenvalue weighted by molar-refractivity contribution is 6.31. The Morgan fingerprint density at radius 2 is 1.88 bits per heavy atom. The quantitative estimate of drug-likeness (QED) is 0.838. The minimum absolute atomic E-state index is 0.199. The lowest BCUT2D eigenvalue weighted by molar-refractivity contribution is -0.136. The molecule has 2 amide bonds. The normalized spacial score (nSPS) is 13.5. The molecule has 3 rings (SSSR count). The van der Waals surface area contributed by atoms with Crippen molar-refractivity contribution in [2.24, 2.45) is 5.41 Å². The van der Waals surface area contributed by atoms with Gasteiger partial charge < -0.3 is 10.2 Å². The molecule has 130 valence electrons. The summed E-state index contributed by atoms with van der Waals surface area (Å²) in [7, 11) is 0. The number of hydrogen-bond donors (Lipinski definition) is 1. The average molecular weight is 357 g/mol. The Bertz CT molecular complexity index is 845. The fourth-order valence-electron chi connectivity index (χ4n) is 2.99. The maximum atomic E-state index is 13.1. The highest BCUT2D eigenvalue weighted by Gasteiger charge is 2.41. The number of hydrogen-bond acceptors (Lipinski definition) is 2. The van der Waals surface area contributed by atoms with Gasteiger partial charge in [0, 0.05) is 22.9 Å². The molecule has 1 heterocycles. The number of nitrogens with one attached hydrogen (secondary N) is 1. The van der Waals surface area contributed by atoms with Gasteiger partial charge in [-0.1, -0.05) is 35.9 Å². The largest absolute Gasteiger partial charge is 0.325 e. The van der Waals surface area contributed by atoms with Gasteiger partial charge in [0.05, 0.1) is 0 Å². The van der Waals surface area contributed by atoms with Crippen LogP contribution >= 0.6 is 11.6 Å². The highest BCUT2D eigenvalue weighted by Crippen LogP contribution is 2.33. The predicted molar refractivity (Wildman–Crippen MR) is 101 cm³/mol. The Hall–Kier alpha value is -2.33. The van der Waals surface area contributed by atoms with Crippen molar-refractivity contribution < 1.29 is 9.59 Å². The molecule has 0 atom stereocenters. The van der Waals surface area contributed by atoms with Crippen LogP contribution in [0.3, 0.4) is 0 Å². The number of para-hydroxylation sites is 1.